The van der Waals surface area contributed by atoms with Crippen LogP contribution in [0.15, 0.2) is 0 Å². The molecule has 0 radical (unpaired) electrons. The Hall–Kier alpha value is -0.590. The number of carbonyl (C=O) groups is 1. The van der Waals surface area contributed by atoms with Gasteiger partial charge in [-0.1, -0.05) is 71.4 Å². The van der Waals surface area contributed by atoms with Crippen LogP contribution in [0.1, 0.15) is 79.1 Å². The molecule has 2 atom stereocenters. The predicted molar refractivity (Wildman–Crippen MR) is 130 cm³/mol. The van der Waals surface area contributed by atoms with E-state index >= 15 is 0 Å². The lowest BCUT2D eigenvalue weighted by Crippen LogP contribution is -2.49. The van der Waals surface area contributed by atoms with Gasteiger partial charge in [0.1, 0.15) is 0 Å². The van der Waals surface area contributed by atoms with Crippen LogP contribution in [0.5, 0.6) is 0 Å². The van der Waals surface area contributed by atoms with Crippen molar-refractivity contribution in [3.63, 3.8) is 0 Å². The van der Waals surface area contributed by atoms with Gasteiger partial charge in [0.25, 0.3) is 0 Å². The van der Waals surface area contributed by atoms with Crippen LogP contribution in [0.3, 0.4) is 0 Å². The van der Waals surface area contributed by atoms with Crippen LogP contribution in [-0.2, 0) is 4.79 Å². The van der Waals surface area contributed by atoms with Crippen molar-refractivity contribution >= 4 is 40.2 Å². The molecular formula is C23H41N3OS2. The van der Waals surface area contributed by atoms with E-state index in [0.29, 0.717) is 18.9 Å². The molecule has 0 spiro atoms. The summed E-state index contributed by atoms with van der Waals surface area (Å²) in [6, 6.07) is 0.229. The lowest BCUT2D eigenvalue weighted by molar-refractivity contribution is -0.139. The van der Waals surface area contributed by atoms with Gasteiger partial charge in [0.05, 0.1) is 4.99 Å². The number of nitrogens with zero attached hydrogens (tertiary/aromatic N) is 1. The van der Waals surface area contributed by atoms with Gasteiger partial charge in [-0.15, -0.1) is 0 Å². The third-order valence-electron chi connectivity index (χ3n) is 6.75. The highest BCUT2D eigenvalue weighted by atomic mass is 32.1. The summed E-state index contributed by atoms with van der Waals surface area (Å²) in [5, 5.41) is 3.51. The van der Waals surface area contributed by atoms with Gasteiger partial charge < -0.3 is 16.0 Å². The highest BCUT2D eigenvalue weighted by Gasteiger charge is 2.39. The molecule has 166 valence electrons. The van der Waals surface area contributed by atoms with Crippen molar-refractivity contribution in [3.05, 3.63) is 0 Å². The lowest BCUT2D eigenvalue weighted by Gasteiger charge is -2.38. The lowest BCUT2D eigenvalue weighted by atomic mass is 9.72. The zero-order valence-electron chi connectivity index (χ0n) is 18.8. The molecule has 2 rings (SSSR count). The summed E-state index contributed by atoms with van der Waals surface area (Å²) in [5.74, 6) is 1.52. The number of hydrogen-bond acceptors (Lipinski definition) is 4. The van der Waals surface area contributed by atoms with E-state index in [1.807, 2.05) is 0 Å². The van der Waals surface area contributed by atoms with Crippen molar-refractivity contribution in [2.45, 2.75) is 85.1 Å². The molecule has 0 unspecified atom stereocenters. The molecular weight excluding hydrogens is 398 g/mol. The van der Waals surface area contributed by atoms with Crippen molar-refractivity contribution in [2.75, 3.05) is 19.6 Å². The predicted octanol–water partition coefficient (Wildman–Crippen LogP) is 4.49. The fraction of sp³-hybridized carbons (Fsp3) is 0.870. The smallest absolute Gasteiger partial charge is 0.226 e. The summed E-state index contributed by atoms with van der Waals surface area (Å²) >= 11 is 11.0. The number of rotatable bonds is 10. The van der Waals surface area contributed by atoms with Gasteiger partial charge in [0.15, 0.2) is 0 Å². The minimum Gasteiger partial charge on any atom is -0.377 e. The fourth-order valence-electron chi connectivity index (χ4n) is 4.65. The molecule has 6 heteroatoms. The standard InChI is InChI=1S/C23H41N3OS2/c1-5-6-8-16-11-17(12-16)21(29)25-15-18-9-7-10-26(18)22(27)20(23(2,3)4)13-19(28)14-24/h16-18,20H,5-15,24H2,1-4H3,(H,25,29)/t16?,17?,18-,20-/m1/s1. The molecule has 3 N–H and O–H groups in total. The second-order valence-electron chi connectivity index (χ2n) is 10.1. The van der Waals surface area contributed by atoms with Crippen LogP contribution < -0.4 is 11.1 Å². The first-order chi connectivity index (χ1) is 13.7. The first-order valence-electron chi connectivity index (χ1n) is 11.5. The molecule has 2 fully saturated rings. The summed E-state index contributed by atoms with van der Waals surface area (Å²) in [7, 11) is 0. The molecule has 0 aromatic rings. The SMILES string of the molecule is CCCCC1CC(C(=S)NC[C@H]2CCCN2C(=O)[C@@H](CC(=S)CN)C(C)(C)C)C1. The third-order valence-corrected chi connectivity index (χ3v) is 7.56. The molecule has 1 heterocycles. The maximum atomic E-state index is 13.4. The summed E-state index contributed by atoms with van der Waals surface area (Å²) in [6.45, 7) is 10.6. The molecule has 0 aromatic heterocycles. The molecule has 2 aliphatic rings. The number of hydrogen-bond donors (Lipinski definition) is 2. The largest absolute Gasteiger partial charge is 0.377 e. The number of unbranched alkanes of at least 4 members (excludes halogenated alkanes) is 1. The Morgan fingerprint density at radius 2 is 1.97 bits per heavy atom. The molecule has 1 aliphatic heterocycles. The topological polar surface area (TPSA) is 58.4 Å². The van der Waals surface area contributed by atoms with Crippen LogP contribution in [0, 0.1) is 23.2 Å². The molecule has 1 saturated heterocycles. The number of thiocarbonyl (C=S) groups is 2. The monoisotopic (exact) mass is 439 g/mol. The van der Waals surface area contributed by atoms with E-state index in [0.717, 1.165) is 41.7 Å². The Labute approximate surface area is 188 Å². The summed E-state index contributed by atoms with van der Waals surface area (Å²) in [5.41, 5.74) is 5.59. The van der Waals surface area contributed by atoms with Crippen LogP contribution in [0.25, 0.3) is 0 Å². The van der Waals surface area contributed by atoms with Gasteiger partial charge in [0.2, 0.25) is 5.91 Å². The zero-order chi connectivity index (χ0) is 21.6. The summed E-state index contributed by atoms with van der Waals surface area (Å²) in [4.78, 5) is 17.3. The maximum absolute atomic E-state index is 13.4. The van der Waals surface area contributed by atoms with Crippen molar-refractivity contribution in [1.29, 1.82) is 0 Å². The van der Waals surface area contributed by atoms with Crippen LogP contribution in [-0.4, -0.2) is 46.3 Å². The highest BCUT2D eigenvalue weighted by molar-refractivity contribution is 7.80. The zero-order valence-corrected chi connectivity index (χ0v) is 20.5. The van der Waals surface area contributed by atoms with Crippen LogP contribution in [0.2, 0.25) is 0 Å². The number of nitrogens with two attached hydrogens (primary N) is 1. The number of likely N-dealkylation sites (tertiary alicyclic amines) is 1. The maximum Gasteiger partial charge on any atom is 0.226 e. The van der Waals surface area contributed by atoms with Crippen LogP contribution >= 0.6 is 24.4 Å². The quantitative estimate of drug-likeness (QED) is 0.491. The first-order valence-corrected chi connectivity index (χ1v) is 12.3. The number of amides is 1. The normalized spacial score (nSPS) is 25.4. The minimum atomic E-state index is -0.133. The Morgan fingerprint density at radius 1 is 1.28 bits per heavy atom. The van der Waals surface area contributed by atoms with E-state index in [1.165, 1.54) is 32.1 Å². The average molecular weight is 440 g/mol. The second kappa shape index (κ2) is 11.1. The first kappa shape index (κ1) is 24.7. The Balaban J connectivity index is 1.87. The second-order valence-corrected chi connectivity index (χ2v) is 11.1. The summed E-state index contributed by atoms with van der Waals surface area (Å²) in [6.07, 6.45) is 9.14. The Bertz CT molecular complexity index is 581. The molecule has 4 nitrogen and oxygen atoms in total. The van der Waals surface area contributed by atoms with Gasteiger partial charge in [-0.2, -0.15) is 0 Å². The average Bonchev–Trinajstić information content (AvgIpc) is 3.10. The van der Waals surface area contributed by atoms with Crippen molar-refractivity contribution in [2.24, 2.45) is 28.9 Å². The highest BCUT2D eigenvalue weighted by Crippen LogP contribution is 2.38. The van der Waals surface area contributed by atoms with Gasteiger partial charge in [-0.05, 0) is 43.4 Å². The van der Waals surface area contributed by atoms with Crippen molar-refractivity contribution in [1.82, 2.24) is 10.2 Å². The van der Waals surface area contributed by atoms with E-state index in [4.69, 9.17) is 30.2 Å². The molecule has 1 saturated carbocycles. The van der Waals surface area contributed by atoms with Crippen LogP contribution in [0.4, 0.5) is 0 Å². The van der Waals surface area contributed by atoms with Crippen molar-refractivity contribution in [3.8, 4) is 0 Å². The third kappa shape index (κ3) is 6.96. The van der Waals surface area contributed by atoms with E-state index in [-0.39, 0.29) is 23.3 Å². The summed E-state index contributed by atoms with van der Waals surface area (Å²) < 4.78 is 0. The fourth-order valence-corrected chi connectivity index (χ4v) is 5.10. The Kier molecular flexibility index (Phi) is 9.49. The van der Waals surface area contributed by atoms with Gasteiger partial charge in [-0.25, -0.2) is 0 Å². The minimum absolute atomic E-state index is 0.114. The van der Waals surface area contributed by atoms with Gasteiger partial charge in [0, 0.05) is 42.4 Å². The molecule has 1 amide bonds. The molecule has 0 aromatic carbocycles. The number of nitrogens with one attached hydrogen (secondary N) is 1. The van der Waals surface area contributed by atoms with E-state index in [1.54, 1.807) is 0 Å². The molecule has 1 aliphatic carbocycles. The van der Waals surface area contributed by atoms with E-state index < -0.39 is 0 Å². The van der Waals surface area contributed by atoms with Crippen molar-refractivity contribution < 1.29 is 4.79 Å². The molecule has 0 bridgehead atoms. The number of carbonyl (C=O) groups excluding carboxylic acids is 1. The van der Waals surface area contributed by atoms with Gasteiger partial charge in [-0.3, -0.25) is 4.79 Å². The van der Waals surface area contributed by atoms with E-state index in [9.17, 15) is 4.79 Å². The van der Waals surface area contributed by atoms with Gasteiger partial charge >= 0.3 is 0 Å². The Morgan fingerprint density at radius 3 is 2.55 bits per heavy atom. The molecule has 29 heavy (non-hydrogen) atoms. The van der Waals surface area contributed by atoms with E-state index in [2.05, 4.69) is 37.9 Å².